The van der Waals surface area contributed by atoms with Gasteiger partial charge in [0, 0.05) is 0 Å². The highest BCUT2D eigenvalue weighted by atomic mass is 16.3. The predicted octanol–water partition coefficient (Wildman–Crippen LogP) is 3.45. The Morgan fingerprint density at radius 1 is 1.29 bits per heavy atom. The van der Waals surface area contributed by atoms with Crippen LogP contribution in [-0.2, 0) is 5.41 Å². The minimum atomic E-state index is -0.0328. The number of rotatable bonds is 3. The zero-order valence-corrected chi connectivity index (χ0v) is 11.7. The highest BCUT2D eigenvalue weighted by Crippen LogP contribution is 2.39. The second-order valence-corrected chi connectivity index (χ2v) is 5.92. The normalized spacial score (nSPS) is 13.8. The summed E-state index contributed by atoms with van der Waals surface area (Å²) in [6.45, 7) is 11.2. The summed E-state index contributed by atoms with van der Waals surface area (Å²) in [5.74, 6) is 0.765. The number of nitrogens with two attached hydrogens (primary N) is 1. The molecule has 0 aliphatic rings. The van der Waals surface area contributed by atoms with E-state index < -0.39 is 0 Å². The van der Waals surface area contributed by atoms with E-state index in [1.807, 2.05) is 6.07 Å². The average molecular weight is 235 g/mol. The molecule has 0 radical (unpaired) electrons. The van der Waals surface area contributed by atoms with E-state index in [1.54, 1.807) is 0 Å². The molecule has 0 fully saturated rings. The van der Waals surface area contributed by atoms with Crippen LogP contribution in [0.15, 0.2) is 12.1 Å². The van der Waals surface area contributed by atoms with Crippen molar-refractivity contribution >= 4 is 0 Å². The molecule has 0 bridgehead atoms. The minimum absolute atomic E-state index is 0.0328. The van der Waals surface area contributed by atoms with Crippen LogP contribution in [0.1, 0.15) is 56.7 Å². The minimum Gasteiger partial charge on any atom is -0.507 e. The molecule has 2 nitrogen and oxygen atoms in total. The fraction of sp³-hybridized carbons (Fsp3) is 0.600. The summed E-state index contributed by atoms with van der Waals surface area (Å²) in [4.78, 5) is 0. The summed E-state index contributed by atoms with van der Waals surface area (Å²) in [7, 11) is 0. The average Bonchev–Trinajstić information content (AvgIpc) is 2.15. The van der Waals surface area contributed by atoms with Crippen molar-refractivity contribution in [3.8, 4) is 5.75 Å². The second kappa shape index (κ2) is 5.09. The third-order valence-electron chi connectivity index (χ3n) is 3.34. The van der Waals surface area contributed by atoms with Crippen molar-refractivity contribution < 1.29 is 5.11 Å². The van der Waals surface area contributed by atoms with Gasteiger partial charge in [-0.2, -0.15) is 0 Å². The quantitative estimate of drug-likeness (QED) is 0.843. The molecule has 0 heterocycles. The number of phenols is 1. The largest absolute Gasteiger partial charge is 0.507 e. The maximum atomic E-state index is 10.5. The number of aryl methyl sites for hydroxylation is 1. The van der Waals surface area contributed by atoms with Crippen LogP contribution < -0.4 is 5.73 Å². The zero-order chi connectivity index (χ0) is 13.2. The lowest BCUT2D eigenvalue weighted by molar-refractivity contribution is 0.433. The molecule has 0 saturated heterocycles. The zero-order valence-electron chi connectivity index (χ0n) is 11.7. The molecule has 1 aromatic rings. The van der Waals surface area contributed by atoms with E-state index in [1.165, 1.54) is 0 Å². The summed E-state index contributed by atoms with van der Waals surface area (Å²) in [6, 6.07) is 4.13. The maximum absolute atomic E-state index is 10.5. The van der Waals surface area contributed by atoms with E-state index in [0.29, 0.717) is 18.2 Å². The molecule has 0 aromatic heterocycles. The molecule has 1 unspecified atom stereocenters. The Morgan fingerprint density at radius 2 is 1.88 bits per heavy atom. The molecule has 1 rings (SSSR count). The van der Waals surface area contributed by atoms with Crippen LogP contribution in [0.5, 0.6) is 5.75 Å². The molecule has 1 aromatic carbocycles. The van der Waals surface area contributed by atoms with Crippen molar-refractivity contribution in [1.29, 1.82) is 0 Å². The maximum Gasteiger partial charge on any atom is 0.123 e. The number of benzene rings is 1. The van der Waals surface area contributed by atoms with Gasteiger partial charge in [-0.05, 0) is 47.9 Å². The monoisotopic (exact) mass is 235 g/mol. The van der Waals surface area contributed by atoms with Crippen LogP contribution >= 0.6 is 0 Å². The van der Waals surface area contributed by atoms with Gasteiger partial charge in [0.05, 0.1) is 0 Å². The summed E-state index contributed by atoms with van der Waals surface area (Å²) in [5.41, 5.74) is 8.80. The first-order valence-electron chi connectivity index (χ1n) is 6.32. The molecule has 17 heavy (non-hydrogen) atoms. The van der Waals surface area contributed by atoms with Gasteiger partial charge < -0.3 is 10.8 Å². The van der Waals surface area contributed by atoms with Crippen LogP contribution in [0.3, 0.4) is 0 Å². The van der Waals surface area contributed by atoms with E-state index in [0.717, 1.165) is 23.1 Å². The van der Waals surface area contributed by atoms with Crippen molar-refractivity contribution in [3.05, 3.63) is 28.8 Å². The molecule has 0 aliphatic carbocycles. The first-order valence-corrected chi connectivity index (χ1v) is 6.32. The summed E-state index contributed by atoms with van der Waals surface area (Å²) in [5, 5.41) is 10.5. The number of hydrogen-bond donors (Lipinski definition) is 2. The summed E-state index contributed by atoms with van der Waals surface area (Å²) < 4.78 is 0. The van der Waals surface area contributed by atoms with Gasteiger partial charge in [-0.1, -0.05) is 39.8 Å². The van der Waals surface area contributed by atoms with E-state index in [9.17, 15) is 5.11 Å². The van der Waals surface area contributed by atoms with Crippen LogP contribution in [0.4, 0.5) is 0 Å². The van der Waals surface area contributed by atoms with Crippen molar-refractivity contribution in [2.24, 2.45) is 5.73 Å². The van der Waals surface area contributed by atoms with Gasteiger partial charge in [-0.3, -0.25) is 0 Å². The lowest BCUT2D eigenvalue weighted by Gasteiger charge is -2.25. The van der Waals surface area contributed by atoms with Gasteiger partial charge in [0.25, 0.3) is 0 Å². The third-order valence-corrected chi connectivity index (χ3v) is 3.34. The van der Waals surface area contributed by atoms with Crippen molar-refractivity contribution in [1.82, 2.24) is 0 Å². The van der Waals surface area contributed by atoms with Crippen LogP contribution in [0.25, 0.3) is 0 Å². The summed E-state index contributed by atoms with van der Waals surface area (Å²) >= 11 is 0. The van der Waals surface area contributed by atoms with Crippen LogP contribution in [0, 0.1) is 6.92 Å². The summed E-state index contributed by atoms with van der Waals surface area (Å²) in [6.07, 6.45) is 0.905. The van der Waals surface area contributed by atoms with Crippen molar-refractivity contribution in [2.45, 2.75) is 52.4 Å². The molecule has 0 spiro atoms. The Labute approximate surface area is 105 Å². The van der Waals surface area contributed by atoms with Crippen LogP contribution in [0.2, 0.25) is 0 Å². The standard InChI is InChI=1S/C15H25NO/c1-10-6-7-12(15(3,4)5)14(17)13(10)11(2)8-9-16/h6-7,11,17H,8-9,16H2,1-5H3. The van der Waals surface area contributed by atoms with Crippen molar-refractivity contribution in [3.63, 3.8) is 0 Å². The topological polar surface area (TPSA) is 46.2 Å². The molecular weight excluding hydrogens is 210 g/mol. The van der Waals surface area contributed by atoms with Gasteiger partial charge in [0.15, 0.2) is 0 Å². The third kappa shape index (κ3) is 3.01. The van der Waals surface area contributed by atoms with Gasteiger partial charge >= 0.3 is 0 Å². The molecule has 0 aliphatic heterocycles. The Bertz CT molecular complexity index is 391. The molecule has 0 saturated carbocycles. The Morgan fingerprint density at radius 3 is 2.35 bits per heavy atom. The smallest absolute Gasteiger partial charge is 0.123 e. The fourth-order valence-corrected chi connectivity index (χ4v) is 2.33. The van der Waals surface area contributed by atoms with E-state index >= 15 is 0 Å². The molecule has 3 N–H and O–H groups in total. The molecule has 0 amide bonds. The van der Waals surface area contributed by atoms with Gasteiger partial charge in [-0.25, -0.2) is 0 Å². The Kier molecular flexibility index (Phi) is 4.21. The fourth-order valence-electron chi connectivity index (χ4n) is 2.33. The Hall–Kier alpha value is -1.02. The number of hydrogen-bond acceptors (Lipinski definition) is 2. The molecular formula is C15H25NO. The predicted molar refractivity (Wildman–Crippen MR) is 73.6 cm³/mol. The SMILES string of the molecule is Cc1ccc(C(C)(C)C)c(O)c1C(C)CCN. The lowest BCUT2D eigenvalue weighted by atomic mass is 9.81. The van der Waals surface area contributed by atoms with Gasteiger partial charge in [-0.15, -0.1) is 0 Å². The Balaban J connectivity index is 3.30. The van der Waals surface area contributed by atoms with Gasteiger partial charge in [0.1, 0.15) is 5.75 Å². The molecule has 1 atom stereocenters. The van der Waals surface area contributed by atoms with Crippen LogP contribution in [-0.4, -0.2) is 11.7 Å². The van der Waals surface area contributed by atoms with E-state index in [4.69, 9.17) is 5.73 Å². The first-order chi connectivity index (χ1) is 7.79. The molecule has 96 valence electrons. The second-order valence-electron chi connectivity index (χ2n) is 5.92. The molecule has 2 heteroatoms. The van der Waals surface area contributed by atoms with Gasteiger partial charge in [0.2, 0.25) is 0 Å². The van der Waals surface area contributed by atoms with Crippen molar-refractivity contribution in [2.75, 3.05) is 6.54 Å². The first kappa shape index (κ1) is 14.0. The lowest BCUT2D eigenvalue weighted by Crippen LogP contribution is -2.14. The van der Waals surface area contributed by atoms with E-state index in [2.05, 4.69) is 40.7 Å². The number of phenolic OH excluding ortho intramolecular Hbond substituents is 1. The highest BCUT2D eigenvalue weighted by molar-refractivity contribution is 5.49. The number of aromatic hydroxyl groups is 1. The van der Waals surface area contributed by atoms with E-state index in [-0.39, 0.29) is 5.41 Å². The highest BCUT2D eigenvalue weighted by Gasteiger charge is 2.23.